The van der Waals surface area contributed by atoms with E-state index < -0.39 is 0 Å². The van der Waals surface area contributed by atoms with E-state index in [4.69, 9.17) is 9.72 Å². The molecule has 3 aromatic rings. The monoisotopic (exact) mass is 367 g/mol. The molecule has 1 aliphatic rings. The summed E-state index contributed by atoms with van der Waals surface area (Å²) in [5.74, 6) is -0.0478. The van der Waals surface area contributed by atoms with E-state index in [1.165, 1.54) is 0 Å². The molecule has 1 aliphatic heterocycles. The average Bonchev–Trinajstić information content (AvgIpc) is 3.23. The van der Waals surface area contributed by atoms with Gasteiger partial charge in [0.25, 0.3) is 5.91 Å². The van der Waals surface area contributed by atoms with E-state index in [0.29, 0.717) is 12.1 Å². The van der Waals surface area contributed by atoms with Gasteiger partial charge >= 0.3 is 0 Å². The first kappa shape index (κ1) is 17.1. The van der Waals surface area contributed by atoms with Crippen molar-refractivity contribution in [1.29, 1.82) is 0 Å². The molecule has 0 saturated carbocycles. The predicted octanol–water partition coefficient (Wildman–Crippen LogP) is 3.03. The molecule has 0 bridgehead atoms. The molecule has 0 atom stereocenters. The van der Waals surface area contributed by atoms with Gasteiger partial charge in [-0.15, -0.1) is 0 Å². The summed E-state index contributed by atoms with van der Waals surface area (Å²) in [5.41, 5.74) is 3.40. The maximum atomic E-state index is 12.8. The number of carbonyl (C=O) groups is 1. The molecule has 0 spiro atoms. The number of aromatic nitrogens is 1. The summed E-state index contributed by atoms with van der Waals surface area (Å²) in [6.07, 6.45) is 0. The number of morpholine rings is 1. The predicted molar refractivity (Wildman–Crippen MR) is 105 cm³/mol. The fraction of sp³-hybridized carbons (Fsp3) is 0.300. The Morgan fingerprint density at radius 3 is 2.88 bits per heavy atom. The Morgan fingerprint density at radius 2 is 2.08 bits per heavy atom. The molecule has 26 heavy (non-hydrogen) atoms. The van der Waals surface area contributed by atoms with Crippen LogP contribution in [0.25, 0.3) is 22.2 Å². The third-order valence-electron chi connectivity index (χ3n) is 4.60. The lowest BCUT2D eigenvalue weighted by Gasteiger charge is -2.26. The number of benzene rings is 1. The largest absolute Gasteiger partial charge is 0.379 e. The summed E-state index contributed by atoms with van der Waals surface area (Å²) in [6.45, 7) is 4.87. The number of ether oxygens (including phenoxy) is 1. The number of rotatable bonds is 5. The molecule has 4 rings (SSSR count). The number of carbonyl (C=O) groups excluding carboxylic acids is 1. The Labute approximate surface area is 156 Å². The van der Waals surface area contributed by atoms with Gasteiger partial charge < -0.3 is 10.1 Å². The maximum absolute atomic E-state index is 12.8. The normalized spacial score (nSPS) is 15.2. The van der Waals surface area contributed by atoms with Gasteiger partial charge in [-0.05, 0) is 23.6 Å². The summed E-state index contributed by atoms with van der Waals surface area (Å²) < 4.78 is 5.36. The molecule has 1 fully saturated rings. The Morgan fingerprint density at radius 1 is 1.23 bits per heavy atom. The molecule has 0 aliphatic carbocycles. The number of hydrogen-bond acceptors (Lipinski definition) is 5. The molecule has 0 unspecified atom stereocenters. The van der Waals surface area contributed by atoms with Gasteiger partial charge in [0.15, 0.2) is 0 Å². The van der Waals surface area contributed by atoms with Gasteiger partial charge in [0, 0.05) is 42.5 Å². The van der Waals surface area contributed by atoms with E-state index in [9.17, 15) is 4.79 Å². The number of nitrogens with one attached hydrogen (secondary N) is 1. The molecule has 5 nitrogen and oxygen atoms in total. The summed E-state index contributed by atoms with van der Waals surface area (Å²) in [4.78, 5) is 19.9. The number of pyridine rings is 1. The standard InChI is InChI=1S/C20H21N3O2S/c24-20(21-6-7-23-8-10-25-11-9-23)17-13-19(15-5-12-26-14-15)22-18-4-2-1-3-16(17)18/h1-5,12-14H,6-11H2,(H,21,24). The summed E-state index contributed by atoms with van der Waals surface area (Å²) in [6, 6.07) is 11.7. The molecule has 1 amide bonds. The molecule has 1 N–H and O–H groups in total. The van der Waals surface area contributed by atoms with Crippen molar-refractivity contribution >= 4 is 28.1 Å². The van der Waals surface area contributed by atoms with Crippen LogP contribution < -0.4 is 5.32 Å². The second-order valence-electron chi connectivity index (χ2n) is 6.29. The van der Waals surface area contributed by atoms with Crippen LogP contribution in [0.2, 0.25) is 0 Å². The van der Waals surface area contributed by atoms with Crippen LogP contribution in [0, 0.1) is 0 Å². The highest BCUT2D eigenvalue weighted by Crippen LogP contribution is 2.26. The summed E-state index contributed by atoms with van der Waals surface area (Å²) >= 11 is 1.63. The van der Waals surface area contributed by atoms with Crippen LogP contribution in [-0.2, 0) is 4.74 Å². The lowest BCUT2D eigenvalue weighted by Crippen LogP contribution is -2.41. The number of para-hydroxylation sites is 1. The molecule has 134 valence electrons. The van der Waals surface area contributed by atoms with Crippen molar-refractivity contribution in [2.75, 3.05) is 39.4 Å². The molecular weight excluding hydrogens is 346 g/mol. The smallest absolute Gasteiger partial charge is 0.252 e. The zero-order valence-corrected chi connectivity index (χ0v) is 15.3. The number of hydrogen-bond donors (Lipinski definition) is 1. The van der Waals surface area contributed by atoms with Crippen LogP contribution in [0.3, 0.4) is 0 Å². The summed E-state index contributed by atoms with van der Waals surface area (Å²) in [5, 5.41) is 8.02. The Balaban J connectivity index is 1.55. The molecule has 1 aromatic carbocycles. The second-order valence-corrected chi connectivity index (χ2v) is 7.07. The molecule has 0 radical (unpaired) electrons. The van der Waals surface area contributed by atoms with Crippen molar-refractivity contribution in [2.45, 2.75) is 0 Å². The fourth-order valence-electron chi connectivity index (χ4n) is 3.17. The number of fused-ring (bicyclic) bond motifs is 1. The molecule has 1 saturated heterocycles. The third kappa shape index (κ3) is 3.77. The van der Waals surface area contributed by atoms with E-state index in [-0.39, 0.29) is 5.91 Å². The van der Waals surface area contributed by atoms with E-state index in [2.05, 4.69) is 15.6 Å². The molecule has 3 heterocycles. The Kier molecular flexibility index (Phi) is 5.24. The molecule has 6 heteroatoms. The van der Waals surface area contributed by atoms with Gasteiger partial charge in [-0.1, -0.05) is 18.2 Å². The van der Waals surface area contributed by atoms with Crippen molar-refractivity contribution in [2.24, 2.45) is 0 Å². The maximum Gasteiger partial charge on any atom is 0.252 e. The highest BCUT2D eigenvalue weighted by Gasteiger charge is 2.15. The number of amides is 1. The first-order chi connectivity index (χ1) is 12.8. The first-order valence-electron chi connectivity index (χ1n) is 8.82. The van der Waals surface area contributed by atoms with Gasteiger partial charge in [0.2, 0.25) is 0 Å². The van der Waals surface area contributed by atoms with E-state index >= 15 is 0 Å². The minimum absolute atomic E-state index is 0.0478. The quantitative estimate of drug-likeness (QED) is 0.753. The van der Waals surface area contributed by atoms with Gasteiger partial charge in [0.1, 0.15) is 0 Å². The van der Waals surface area contributed by atoms with Crippen LogP contribution in [0.15, 0.2) is 47.2 Å². The Hall–Kier alpha value is -2.28. The van der Waals surface area contributed by atoms with Crippen molar-refractivity contribution in [3.63, 3.8) is 0 Å². The highest BCUT2D eigenvalue weighted by atomic mass is 32.1. The van der Waals surface area contributed by atoms with Crippen molar-refractivity contribution in [1.82, 2.24) is 15.2 Å². The van der Waals surface area contributed by atoms with Crippen molar-refractivity contribution in [3.05, 3.63) is 52.7 Å². The van der Waals surface area contributed by atoms with Crippen LogP contribution >= 0.6 is 11.3 Å². The minimum Gasteiger partial charge on any atom is -0.379 e. The van der Waals surface area contributed by atoms with E-state index in [1.54, 1.807) is 11.3 Å². The van der Waals surface area contributed by atoms with E-state index in [1.807, 2.05) is 41.8 Å². The van der Waals surface area contributed by atoms with Crippen molar-refractivity contribution in [3.8, 4) is 11.3 Å². The van der Waals surface area contributed by atoms with Crippen molar-refractivity contribution < 1.29 is 9.53 Å². The van der Waals surface area contributed by atoms with Gasteiger partial charge in [-0.3, -0.25) is 9.69 Å². The number of thiophene rings is 1. The second kappa shape index (κ2) is 7.95. The summed E-state index contributed by atoms with van der Waals surface area (Å²) in [7, 11) is 0. The SMILES string of the molecule is O=C(NCCN1CCOCC1)c1cc(-c2ccsc2)nc2ccccc12. The third-order valence-corrected chi connectivity index (χ3v) is 5.28. The fourth-order valence-corrected chi connectivity index (χ4v) is 3.82. The highest BCUT2D eigenvalue weighted by molar-refractivity contribution is 7.08. The first-order valence-corrected chi connectivity index (χ1v) is 9.76. The zero-order valence-electron chi connectivity index (χ0n) is 14.5. The van der Waals surface area contributed by atoms with Crippen LogP contribution in [0.4, 0.5) is 0 Å². The van der Waals surface area contributed by atoms with Gasteiger partial charge in [-0.25, -0.2) is 4.98 Å². The molecule has 2 aromatic heterocycles. The lowest BCUT2D eigenvalue weighted by atomic mass is 10.0. The number of nitrogens with zero attached hydrogens (tertiary/aromatic N) is 2. The zero-order chi connectivity index (χ0) is 17.8. The lowest BCUT2D eigenvalue weighted by molar-refractivity contribution is 0.0383. The van der Waals surface area contributed by atoms with Crippen LogP contribution in [-0.4, -0.2) is 55.2 Å². The topological polar surface area (TPSA) is 54.5 Å². The van der Waals surface area contributed by atoms with E-state index in [0.717, 1.165) is 55.0 Å². The molecular formula is C20H21N3O2S. The minimum atomic E-state index is -0.0478. The van der Waals surface area contributed by atoms with Gasteiger partial charge in [0.05, 0.1) is 30.0 Å². The van der Waals surface area contributed by atoms with Gasteiger partial charge in [-0.2, -0.15) is 11.3 Å². The average molecular weight is 367 g/mol. The van der Waals surface area contributed by atoms with Crippen LogP contribution in [0.1, 0.15) is 10.4 Å². The van der Waals surface area contributed by atoms with Crippen LogP contribution in [0.5, 0.6) is 0 Å². The Bertz CT molecular complexity index is 889.